The number of amides is 1. The van der Waals surface area contributed by atoms with Crippen LogP contribution < -0.4 is 10.6 Å². The fraction of sp³-hybridized carbons (Fsp3) is 0.462. The van der Waals surface area contributed by atoms with E-state index in [0.717, 1.165) is 12.1 Å². The van der Waals surface area contributed by atoms with Crippen molar-refractivity contribution in [2.75, 3.05) is 20.2 Å². The first kappa shape index (κ1) is 13.7. The SMILES string of the molecule is CNCC(C)OCC(=O)NCc1ccccc1. The highest BCUT2D eigenvalue weighted by molar-refractivity contribution is 5.77. The molecule has 0 aliphatic rings. The van der Waals surface area contributed by atoms with Gasteiger partial charge in [-0.2, -0.15) is 0 Å². The number of carbonyl (C=O) groups is 1. The van der Waals surface area contributed by atoms with Crippen molar-refractivity contribution in [3.05, 3.63) is 35.9 Å². The fourth-order valence-electron chi connectivity index (χ4n) is 1.41. The molecule has 0 saturated heterocycles. The lowest BCUT2D eigenvalue weighted by Crippen LogP contribution is -2.31. The Kier molecular flexibility index (Phi) is 6.29. The van der Waals surface area contributed by atoms with Crippen LogP contribution in [0.2, 0.25) is 0 Å². The second kappa shape index (κ2) is 7.81. The van der Waals surface area contributed by atoms with Crippen molar-refractivity contribution < 1.29 is 9.53 Å². The molecule has 1 amide bonds. The Hall–Kier alpha value is -1.39. The van der Waals surface area contributed by atoms with Gasteiger partial charge in [0.05, 0.1) is 6.10 Å². The molecule has 0 radical (unpaired) electrons. The van der Waals surface area contributed by atoms with Crippen molar-refractivity contribution in [1.82, 2.24) is 10.6 Å². The van der Waals surface area contributed by atoms with E-state index in [1.54, 1.807) is 0 Å². The van der Waals surface area contributed by atoms with Crippen LogP contribution in [0.1, 0.15) is 12.5 Å². The summed E-state index contributed by atoms with van der Waals surface area (Å²) < 4.78 is 5.36. The van der Waals surface area contributed by atoms with Gasteiger partial charge >= 0.3 is 0 Å². The zero-order valence-corrected chi connectivity index (χ0v) is 10.4. The van der Waals surface area contributed by atoms with Gasteiger partial charge in [-0.15, -0.1) is 0 Å². The van der Waals surface area contributed by atoms with E-state index >= 15 is 0 Å². The standard InChI is InChI=1S/C13H20N2O2/c1-11(8-14-2)17-10-13(16)15-9-12-6-4-3-5-7-12/h3-7,11,14H,8-10H2,1-2H3,(H,15,16). The molecule has 1 rings (SSSR count). The molecule has 0 aliphatic heterocycles. The van der Waals surface area contributed by atoms with E-state index in [1.807, 2.05) is 44.3 Å². The number of benzene rings is 1. The summed E-state index contributed by atoms with van der Waals surface area (Å²) in [5, 5.41) is 5.80. The first-order valence-corrected chi connectivity index (χ1v) is 5.79. The highest BCUT2D eigenvalue weighted by Gasteiger charge is 2.05. The third-order valence-electron chi connectivity index (χ3n) is 2.32. The van der Waals surface area contributed by atoms with Gasteiger partial charge in [-0.3, -0.25) is 4.79 Å². The molecular weight excluding hydrogens is 216 g/mol. The molecule has 1 aromatic carbocycles. The normalized spacial score (nSPS) is 12.1. The maximum Gasteiger partial charge on any atom is 0.246 e. The van der Waals surface area contributed by atoms with Crippen molar-refractivity contribution in [2.45, 2.75) is 19.6 Å². The quantitative estimate of drug-likeness (QED) is 0.740. The Balaban J connectivity index is 2.17. The van der Waals surface area contributed by atoms with E-state index in [9.17, 15) is 4.79 Å². The van der Waals surface area contributed by atoms with E-state index in [1.165, 1.54) is 0 Å². The first-order valence-electron chi connectivity index (χ1n) is 5.79. The summed E-state index contributed by atoms with van der Waals surface area (Å²) in [6.07, 6.45) is 0.0440. The maximum absolute atomic E-state index is 11.5. The molecule has 94 valence electrons. The molecule has 0 fully saturated rings. The Morgan fingerprint density at radius 3 is 2.71 bits per heavy atom. The third kappa shape index (κ3) is 6.04. The summed E-state index contributed by atoms with van der Waals surface area (Å²) in [6.45, 7) is 3.33. The lowest BCUT2D eigenvalue weighted by molar-refractivity contribution is -0.127. The highest BCUT2D eigenvalue weighted by Crippen LogP contribution is 1.97. The summed E-state index contributed by atoms with van der Waals surface area (Å²) in [5.41, 5.74) is 1.09. The predicted molar refractivity (Wildman–Crippen MR) is 67.6 cm³/mol. The van der Waals surface area contributed by atoms with Crippen LogP contribution in [0, 0.1) is 0 Å². The molecule has 0 bridgehead atoms. The number of rotatable bonds is 7. The van der Waals surface area contributed by atoms with Crippen LogP contribution in [-0.2, 0) is 16.1 Å². The van der Waals surface area contributed by atoms with Gasteiger partial charge in [0, 0.05) is 13.1 Å². The minimum Gasteiger partial charge on any atom is -0.367 e. The zero-order chi connectivity index (χ0) is 12.5. The smallest absolute Gasteiger partial charge is 0.246 e. The van der Waals surface area contributed by atoms with Gasteiger partial charge in [0.25, 0.3) is 0 Å². The van der Waals surface area contributed by atoms with Crippen LogP contribution in [0.15, 0.2) is 30.3 Å². The molecule has 2 N–H and O–H groups in total. The van der Waals surface area contributed by atoms with Crippen molar-refractivity contribution in [3.63, 3.8) is 0 Å². The summed E-state index contributed by atoms with van der Waals surface area (Å²) >= 11 is 0. The zero-order valence-electron chi connectivity index (χ0n) is 10.4. The molecule has 17 heavy (non-hydrogen) atoms. The van der Waals surface area contributed by atoms with E-state index in [-0.39, 0.29) is 18.6 Å². The number of hydrogen-bond donors (Lipinski definition) is 2. The summed E-state index contributed by atoms with van der Waals surface area (Å²) in [6, 6.07) is 9.81. The summed E-state index contributed by atoms with van der Waals surface area (Å²) in [7, 11) is 1.86. The second-order valence-electron chi connectivity index (χ2n) is 3.94. The van der Waals surface area contributed by atoms with E-state index in [0.29, 0.717) is 6.54 Å². The van der Waals surface area contributed by atoms with E-state index < -0.39 is 0 Å². The van der Waals surface area contributed by atoms with Crippen LogP contribution in [0.5, 0.6) is 0 Å². The molecule has 4 heteroatoms. The highest BCUT2D eigenvalue weighted by atomic mass is 16.5. The van der Waals surface area contributed by atoms with Gasteiger partial charge in [0.1, 0.15) is 6.61 Å². The molecule has 0 aliphatic carbocycles. The number of ether oxygens (including phenoxy) is 1. The number of likely N-dealkylation sites (N-methyl/N-ethyl adjacent to an activating group) is 1. The minimum absolute atomic E-state index is 0.0440. The van der Waals surface area contributed by atoms with Crippen LogP contribution in [0.4, 0.5) is 0 Å². The lowest BCUT2D eigenvalue weighted by atomic mass is 10.2. The molecule has 0 aromatic heterocycles. The second-order valence-corrected chi connectivity index (χ2v) is 3.94. The Morgan fingerprint density at radius 2 is 2.06 bits per heavy atom. The number of nitrogens with one attached hydrogen (secondary N) is 2. The van der Waals surface area contributed by atoms with Crippen molar-refractivity contribution >= 4 is 5.91 Å². The van der Waals surface area contributed by atoms with Gasteiger partial charge in [-0.05, 0) is 19.5 Å². The van der Waals surface area contributed by atoms with Gasteiger partial charge in [0.2, 0.25) is 5.91 Å². The largest absolute Gasteiger partial charge is 0.367 e. The van der Waals surface area contributed by atoms with Crippen LogP contribution in [-0.4, -0.2) is 32.2 Å². The van der Waals surface area contributed by atoms with Gasteiger partial charge in [-0.25, -0.2) is 0 Å². The monoisotopic (exact) mass is 236 g/mol. The maximum atomic E-state index is 11.5. The predicted octanol–water partition coefficient (Wildman–Crippen LogP) is 0.927. The summed E-state index contributed by atoms with van der Waals surface area (Å²) in [5.74, 6) is -0.0863. The van der Waals surface area contributed by atoms with Gasteiger partial charge < -0.3 is 15.4 Å². The average Bonchev–Trinajstić information content (AvgIpc) is 2.35. The van der Waals surface area contributed by atoms with E-state index in [4.69, 9.17) is 4.74 Å². The molecule has 0 saturated carbocycles. The third-order valence-corrected chi connectivity index (χ3v) is 2.32. The van der Waals surface area contributed by atoms with Crippen LogP contribution >= 0.6 is 0 Å². The van der Waals surface area contributed by atoms with Crippen molar-refractivity contribution in [2.24, 2.45) is 0 Å². The van der Waals surface area contributed by atoms with Gasteiger partial charge in [-0.1, -0.05) is 30.3 Å². The first-order chi connectivity index (χ1) is 8.22. The molecule has 1 unspecified atom stereocenters. The van der Waals surface area contributed by atoms with Crippen molar-refractivity contribution in [1.29, 1.82) is 0 Å². The number of hydrogen-bond acceptors (Lipinski definition) is 3. The Labute approximate surface area is 102 Å². The molecule has 0 spiro atoms. The number of carbonyl (C=O) groups excluding carboxylic acids is 1. The molecule has 0 heterocycles. The molecule has 4 nitrogen and oxygen atoms in total. The van der Waals surface area contributed by atoms with Crippen LogP contribution in [0.3, 0.4) is 0 Å². The average molecular weight is 236 g/mol. The fourth-order valence-corrected chi connectivity index (χ4v) is 1.41. The minimum atomic E-state index is -0.0863. The molecule has 1 atom stereocenters. The topological polar surface area (TPSA) is 50.4 Å². The Morgan fingerprint density at radius 1 is 1.35 bits per heavy atom. The molecule has 1 aromatic rings. The summed E-state index contributed by atoms with van der Waals surface area (Å²) in [4.78, 5) is 11.5. The molecular formula is C13H20N2O2. The van der Waals surface area contributed by atoms with Crippen molar-refractivity contribution in [3.8, 4) is 0 Å². The lowest BCUT2D eigenvalue weighted by Gasteiger charge is -2.12. The van der Waals surface area contributed by atoms with Gasteiger partial charge in [0.15, 0.2) is 0 Å². The van der Waals surface area contributed by atoms with Crippen LogP contribution in [0.25, 0.3) is 0 Å². The Bertz CT molecular complexity index is 327. The van der Waals surface area contributed by atoms with E-state index in [2.05, 4.69) is 10.6 Å².